The van der Waals surface area contributed by atoms with Crippen LogP contribution in [-0.2, 0) is 22.6 Å². The molecule has 4 heteroatoms. The van der Waals surface area contributed by atoms with Gasteiger partial charge in [0, 0.05) is 11.1 Å². The van der Waals surface area contributed by atoms with Crippen molar-refractivity contribution in [1.82, 2.24) is 0 Å². The molecule has 1 atom stereocenters. The van der Waals surface area contributed by atoms with Gasteiger partial charge in [0.1, 0.15) is 17.3 Å². The number of hydrogen-bond acceptors (Lipinski definition) is 3. The van der Waals surface area contributed by atoms with E-state index in [4.69, 9.17) is 25.8 Å². The van der Waals surface area contributed by atoms with E-state index >= 15 is 0 Å². The minimum Gasteiger partial charge on any atom is -0.497 e. The summed E-state index contributed by atoms with van der Waals surface area (Å²) >= 11 is 7.16. The molecular formula is C23H21ClO3. The first-order chi connectivity index (χ1) is 13.1. The summed E-state index contributed by atoms with van der Waals surface area (Å²) in [5.74, 6) is 2.63. The maximum absolute atomic E-state index is 7.16. The van der Waals surface area contributed by atoms with Crippen molar-refractivity contribution in [3.63, 3.8) is 0 Å². The van der Waals surface area contributed by atoms with Crippen molar-refractivity contribution in [3.05, 3.63) is 75.9 Å². The second kappa shape index (κ2) is 6.07. The second-order valence-electron chi connectivity index (χ2n) is 7.27. The van der Waals surface area contributed by atoms with Crippen LogP contribution >= 0.6 is 11.6 Å². The third-order valence-electron chi connectivity index (χ3n) is 5.84. The van der Waals surface area contributed by atoms with Crippen LogP contribution in [-0.4, -0.2) is 14.2 Å². The molecule has 0 aromatic heterocycles. The monoisotopic (exact) mass is 380 g/mol. The molecule has 3 nitrogen and oxygen atoms in total. The number of methoxy groups -OCH3 is 2. The minimum absolute atomic E-state index is 0.854. The Balaban J connectivity index is 1.62. The first-order valence-corrected chi connectivity index (χ1v) is 9.67. The van der Waals surface area contributed by atoms with E-state index in [-0.39, 0.29) is 0 Å². The van der Waals surface area contributed by atoms with E-state index in [1.165, 1.54) is 16.7 Å². The molecule has 1 aliphatic heterocycles. The summed E-state index contributed by atoms with van der Waals surface area (Å²) in [6, 6.07) is 12.2. The van der Waals surface area contributed by atoms with Crippen LogP contribution in [0.2, 0.25) is 0 Å². The number of ether oxygens (including phenoxy) is 3. The van der Waals surface area contributed by atoms with Crippen molar-refractivity contribution in [3.8, 4) is 11.5 Å². The molecule has 0 spiro atoms. The van der Waals surface area contributed by atoms with Crippen molar-refractivity contribution in [2.45, 2.75) is 30.7 Å². The van der Waals surface area contributed by atoms with Gasteiger partial charge in [-0.1, -0.05) is 17.7 Å². The molecular weight excluding hydrogens is 360 g/mol. The zero-order valence-electron chi connectivity index (χ0n) is 15.5. The van der Waals surface area contributed by atoms with Gasteiger partial charge in [0.2, 0.25) is 5.06 Å². The number of halogens is 1. The zero-order chi connectivity index (χ0) is 18.6. The quantitative estimate of drug-likeness (QED) is 0.657. The summed E-state index contributed by atoms with van der Waals surface area (Å²) in [6.07, 6.45) is 6.07. The fraction of sp³-hybridized carbons (Fsp3) is 0.304. The van der Waals surface area contributed by atoms with Crippen LogP contribution in [0.5, 0.6) is 11.5 Å². The molecule has 0 saturated carbocycles. The number of benzene rings is 2. The Labute approximate surface area is 164 Å². The molecule has 0 amide bonds. The first-order valence-electron chi connectivity index (χ1n) is 9.29. The van der Waals surface area contributed by atoms with Crippen LogP contribution in [0.4, 0.5) is 0 Å². The van der Waals surface area contributed by atoms with Crippen molar-refractivity contribution in [2.75, 3.05) is 14.2 Å². The van der Waals surface area contributed by atoms with Gasteiger partial charge in [-0.15, -0.1) is 0 Å². The number of alkyl halides is 1. The van der Waals surface area contributed by atoms with Crippen molar-refractivity contribution < 1.29 is 14.2 Å². The van der Waals surface area contributed by atoms with Gasteiger partial charge in [-0.2, -0.15) is 0 Å². The van der Waals surface area contributed by atoms with Crippen LogP contribution in [0.15, 0.2) is 53.6 Å². The Kier molecular flexibility index (Phi) is 3.76. The molecule has 1 heterocycles. The lowest BCUT2D eigenvalue weighted by Gasteiger charge is -2.41. The van der Waals surface area contributed by atoms with Gasteiger partial charge in [-0.05, 0) is 84.4 Å². The van der Waals surface area contributed by atoms with E-state index in [2.05, 4.69) is 24.3 Å². The molecule has 27 heavy (non-hydrogen) atoms. The molecule has 2 aliphatic carbocycles. The largest absolute Gasteiger partial charge is 0.497 e. The third kappa shape index (κ3) is 2.49. The molecule has 2 aromatic rings. The molecule has 0 saturated heterocycles. The van der Waals surface area contributed by atoms with Crippen LogP contribution in [0.25, 0.3) is 5.76 Å². The van der Waals surface area contributed by atoms with Crippen molar-refractivity contribution in [2.24, 2.45) is 0 Å². The van der Waals surface area contributed by atoms with Crippen LogP contribution in [0.1, 0.15) is 35.1 Å². The standard InChI is InChI=1S/C23H21ClO3/c1-25-18-7-9-20-14(12-18)3-4-16-11-17-6-5-15-13-19(26-2)8-10-21(15)23(17,24)27-22(16)20/h7-13H,3-6H2,1-2H3. The average Bonchev–Trinajstić information content (AvgIpc) is 2.71. The maximum atomic E-state index is 7.16. The summed E-state index contributed by atoms with van der Waals surface area (Å²) in [7, 11) is 3.39. The van der Waals surface area contributed by atoms with E-state index < -0.39 is 5.06 Å². The lowest BCUT2D eigenvalue weighted by Crippen LogP contribution is -2.33. The van der Waals surface area contributed by atoms with E-state index in [0.29, 0.717) is 0 Å². The van der Waals surface area contributed by atoms with Crippen LogP contribution in [0.3, 0.4) is 0 Å². The number of rotatable bonds is 2. The smallest absolute Gasteiger partial charge is 0.230 e. The molecule has 0 N–H and O–H groups in total. The lowest BCUT2D eigenvalue weighted by molar-refractivity contribution is 0.142. The van der Waals surface area contributed by atoms with Gasteiger partial charge >= 0.3 is 0 Å². The van der Waals surface area contributed by atoms with Gasteiger partial charge < -0.3 is 14.2 Å². The van der Waals surface area contributed by atoms with Crippen LogP contribution < -0.4 is 9.47 Å². The summed E-state index contributed by atoms with van der Waals surface area (Å²) in [5.41, 5.74) is 6.98. The topological polar surface area (TPSA) is 27.7 Å². The Morgan fingerprint density at radius 2 is 1.59 bits per heavy atom. The number of hydrogen-bond donors (Lipinski definition) is 0. The average molecular weight is 381 g/mol. The highest BCUT2D eigenvalue weighted by Gasteiger charge is 2.45. The van der Waals surface area contributed by atoms with Crippen LogP contribution in [0, 0.1) is 0 Å². The normalized spacial score (nSPS) is 22.6. The van der Waals surface area contributed by atoms with E-state index in [1.54, 1.807) is 14.2 Å². The Morgan fingerprint density at radius 3 is 2.37 bits per heavy atom. The minimum atomic E-state index is -0.937. The summed E-state index contributed by atoms with van der Waals surface area (Å²) in [5, 5.41) is -0.937. The number of allylic oxidation sites excluding steroid dienone is 2. The lowest BCUT2D eigenvalue weighted by atomic mass is 9.80. The van der Waals surface area contributed by atoms with Crippen molar-refractivity contribution in [1.29, 1.82) is 0 Å². The van der Waals surface area contributed by atoms with E-state index in [9.17, 15) is 0 Å². The van der Waals surface area contributed by atoms with Gasteiger partial charge in [-0.3, -0.25) is 0 Å². The molecule has 2 aromatic carbocycles. The predicted octanol–water partition coefficient (Wildman–Crippen LogP) is 5.36. The molecule has 3 aliphatic rings. The van der Waals surface area contributed by atoms with Gasteiger partial charge in [-0.25, -0.2) is 0 Å². The van der Waals surface area contributed by atoms with Gasteiger partial charge in [0.15, 0.2) is 0 Å². The highest BCUT2D eigenvalue weighted by Crippen LogP contribution is 2.53. The second-order valence-corrected chi connectivity index (χ2v) is 7.80. The molecule has 0 radical (unpaired) electrons. The number of fused-ring (bicyclic) bond motifs is 5. The highest BCUT2D eigenvalue weighted by atomic mass is 35.5. The third-order valence-corrected chi connectivity index (χ3v) is 6.36. The molecule has 5 rings (SSSR count). The maximum Gasteiger partial charge on any atom is 0.230 e. The Hall–Kier alpha value is -2.39. The fourth-order valence-corrected chi connectivity index (χ4v) is 4.81. The summed E-state index contributed by atoms with van der Waals surface area (Å²) in [6.45, 7) is 0. The molecule has 1 unspecified atom stereocenters. The van der Waals surface area contributed by atoms with Crippen molar-refractivity contribution >= 4 is 17.4 Å². The van der Waals surface area contributed by atoms with E-state index in [1.807, 2.05) is 18.2 Å². The van der Waals surface area contributed by atoms with E-state index in [0.717, 1.165) is 59.6 Å². The fourth-order valence-electron chi connectivity index (χ4n) is 4.40. The molecule has 0 fully saturated rings. The zero-order valence-corrected chi connectivity index (χ0v) is 16.2. The highest BCUT2D eigenvalue weighted by molar-refractivity contribution is 6.25. The number of aryl methyl sites for hydroxylation is 2. The molecule has 0 bridgehead atoms. The SMILES string of the molecule is COc1ccc2c(c1)CCC1=C2OC2(Cl)C(=C1)CCc1cc(OC)ccc12. The predicted molar refractivity (Wildman–Crippen MR) is 106 cm³/mol. The Morgan fingerprint density at radius 1 is 0.889 bits per heavy atom. The first kappa shape index (κ1) is 16.8. The van der Waals surface area contributed by atoms with Gasteiger partial charge in [0.05, 0.1) is 14.2 Å². The Bertz CT molecular complexity index is 1000. The summed E-state index contributed by atoms with van der Waals surface area (Å²) in [4.78, 5) is 0. The van der Waals surface area contributed by atoms with Gasteiger partial charge in [0.25, 0.3) is 0 Å². The summed E-state index contributed by atoms with van der Waals surface area (Å²) < 4.78 is 17.3. The molecule has 138 valence electrons.